The first-order chi connectivity index (χ1) is 17.1. The monoisotopic (exact) mass is 522 g/mol. The molecule has 0 spiro atoms. The molecule has 1 saturated heterocycles. The summed E-state index contributed by atoms with van der Waals surface area (Å²) >= 11 is 0. The molecule has 2 aromatic heterocycles. The number of carbonyl (C=O) groups excluding carboxylic acids is 1. The molecular weight excluding hydrogens is 499 g/mol. The lowest BCUT2D eigenvalue weighted by molar-refractivity contribution is -0.136. The van der Waals surface area contributed by atoms with Gasteiger partial charge in [-0.15, -0.1) is 0 Å². The Balaban J connectivity index is 1.46. The van der Waals surface area contributed by atoms with Crippen molar-refractivity contribution in [3.63, 3.8) is 0 Å². The Morgan fingerprint density at radius 1 is 1.11 bits per heavy atom. The van der Waals surface area contributed by atoms with Crippen LogP contribution in [-0.4, -0.2) is 82.8 Å². The number of benzene rings is 1. The lowest BCUT2D eigenvalue weighted by atomic mass is 10.1. The summed E-state index contributed by atoms with van der Waals surface area (Å²) in [4.78, 5) is 45.1. The Morgan fingerprint density at radius 3 is 2.58 bits per heavy atom. The van der Waals surface area contributed by atoms with Crippen molar-refractivity contribution in [1.82, 2.24) is 19.5 Å². The van der Waals surface area contributed by atoms with Crippen LogP contribution in [0.15, 0.2) is 43.0 Å². The number of carboxylic acids is 1. The lowest BCUT2D eigenvalue weighted by Crippen LogP contribution is -2.33. The van der Waals surface area contributed by atoms with Gasteiger partial charge in [0.2, 0.25) is 0 Å². The zero-order valence-corrected chi connectivity index (χ0v) is 19.4. The molecule has 1 aliphatic rings. The van der Waals surface area contributed by atoms with Gasteiger partial charge in [0.1, 0.15) is 24.6 Å². The minimum absolute atomic E-state index is 0.0831. The van der Waals surface area contributed by atoms with Crippen LogP contribution in [-0.2, 0) is 18.6 Å². The van der Waals surface area contributed by atoms with Gasteiger partial charge >= 0.3 is 19.6 Å². The van der Waals surface area contributed by atoms with E-state index in [1.54, 1.807) is 30.3 Å². The van der Waals surface area contributed by atoms with Crippen molar-refractivity contribution in [3.05, 3.63) is 43.0 Å². The van der Waals surface area contributed by atoms with Crippen LogP contribution in [0.25, 0.3) is 11.2 Å². The number of fused-ring (bicyclic) bond motifs is 1. The minimum atomic E-state index is -4.25. The van der Waals surface area contributed by atoms with Gasteiger partial charge in [0.15, 0.2) is 23.2 Å². The highest BCUT2D eigenvalue weighted by molar-refractivity contribution is 7.52. The van der Waals surface area contributed by atoms with Gasteiger partial charge in [-0.1, -0.05) is 18.2 Å². The van der Waals surface area contributed by atoms with Gasteiger partial charge in [0, 0.05) is 5.69 Å². The number of anilines is 2. The maximum absolute atomic E-state index is 12.4. The molecule has 5 atom stereocenters. The van der Waals surface area contributed by atoms with Crippen LogP contribution in [0.1, 0.15) is 12.6 Å². The number of nitrogens with zero attached hydrogens (tertiary/aromatic N) is 4. The van der Waals surface area contributed by atoms with E-state index in [1.807, 2.05) is 0 Å². The van der Waals surface area contributed by atoms with E-state index < -0.39 is 63.3 Å². The molecule has 0 bridgehead atoms. The number of aliphatic carboxylic acids is 1. The molecule has 1 aromatic carbocycles. The Morgan fingerprint density at radius 2 is 1.86 bits per heavy atom. The molecule has 1 aliphatic heterocycles. The molecule has 0 saturated carbocycles. The molecule has 3 aromatic rings. The van der Waals surface area contributed by atoms with Crippen molar-refractivity contribution in [2.75, 3.05) is 23.4 Å². The normalized spacial score (nSPS) is 23.3. The number of hydrogen-bond acceptors (Lipinski definition) is 10. The fraction of sp³-hybridized carbons (Fsp3) is 0.350. The maximum Gasteiger partial charge on any atom is 0.328 e. The molecule has 36 heavy (non-hydrogen) atoms. The molecule has 192 valence electrons. The summed E-state index contributed by atoms with van der Waals surface area (Å²) in [5, 5.41) is 34.8. The summed E-state index contributed by atoms with van der Waals surface area (Å²) < 4.78 is 23.8. The van der Waals surface area contributed by atoms with Gasteiger partial charge < -0.3 is 34.8 Å². The number of rotatable bonds is 9. The van der Waals surface area contributed by atoms with E-state index in [2.05, 4.69) is 25.6 Å². The van der Waals surface area contributed by atoms with E-state index in [0.29, 0.717) is 5.69 Å². The van der Waals surface area contributed by atoms with Gasteiger partial charge in [0.05, 0.1) is 25.5 Å². The van der Waals surface area contributed by atoms with Gasteiger partial charge in [-0.25, -0.2) is 19.7 Å². The first-order valence-corrected chi connectivity index (χ1v) is 12.4. The van der Waals surface area contributed by atoms with E-state index in [9.17, 15) is 29.3 Å². The Hall–Kier alpha value is -3.46. The van der Waals surface area contributed by atoms with Gasteiger partial charge in [-0.3, -0.25) is 19.2 Å². The number of hydrogen-bond donors (Lipinski definition) is 6. The fourth-order valence-corrected chi connectivity index (χ4v) is 4.49. The number of urea groups is 1. The number of ether oxygens (including phenoxy) is 1. The molecule has 2 amide bonds. The van der Waals surface area contributed by atoms with Crippen LogP contribution >= 0.6 is 7.60 Å². The highest BCUT2D eigenvalue weighted by Gasteiger charge is 2.45. The first-order valence-electron chi connectivity index (χ1n) is 10.6. The fourth-order valence-electron chi connectivity index (χ4n) is 3.51. The number of para-hydroxylation sites is 1. The topological polar surface area (TPSA) is 218 Å². The average molecular weight is 522 g/mol. The summed E-state index contributed by atoms with van der Waals surface area (Å²) in [6.07, 6.45) is -4.14. The quantitative estimate of drug-likeness (QED) is 0.215. The van der Waals surface area contributed by atoms with Crippen molar-refractivity contribution in [1.29, 1.82) is 0 Å². The van der Waals surface area contributed by atoms with Crippen molar-refractivity contribution in [3.8, 4) is 0 Å². The summed E-state index contributed by atoms with van der Waals surface area (Å²) in [5.74, 6) is -1.18. The number of imidazole rings is 1. The second-order valence-corrected chi connectivity index (χ2v) is 9.82. The van der Waals surface area contributed by atoms with E-state index >= 15 is 0 Å². The molecule has 4 rings (SSSR count). The smallest absolute Gasteiger partial charge is 0.328 e. The van der Waals surface area contributed by atoms with E-state index in [-0.39, 0.29) is 17.0 Å². The predicted molar refractivity (Wildman–Crippen MR) is 123 cm³/mol. The third-order valence-electron chi connectivity index (χ3n) is 5.28. The van der Waals surface area contributed by atoms with Crippen molar-refractivity contribution in [2.24, 2.45) is 0 Å². The predicted octanol–water partition coefficient (Wildman–Crippen LogP) is 0.766. The molecule has 2 unspecified atom stereocenters. The Labute approximate surface area is 203 Å². The number of carbonyl (C=O) groups is 2. The number of amides is 2. The zero-order valence-electron chi connectivity index (χ0n) is 18.5. The van der Waals surface area contributed by atoms with Crippen LogP contribution < -0.4 is 10.6 Å². The van der Waals surface area contributed by atoms with Crippen LogP contribution in [0.5, 0.6) is 0 Å². The molecule has 6 N–H and O–H groups in total. The second-order valence-electron chi connectivity index (χ2n) is 7.84. The van der Waals surface area contributed by atoms with Crippen LogP contribution in [0.4, 0.5) is 16.3 Å². The van der Waals surface area contributed by atoms with Gasteiger partial charge in [-0.2, -0.15) is 0 Å². The molecule has 0 radical (unpaired) electrons. The molecule has 1 fully saturated rings. The number of aliphatic hydroxyl groups excluding tert-OH is 2. The van der Waals surface area contributed by atoms with E-state index in [4.69, 9.17) is 14.4 Å². The maximum atomic E-state index is 12.4. The van der Waals surface area contributed by atoms with Crippen molar-refractivity contribution >= 4 is 42.3 Å². The highest BCUT2D eigenvalue weighted by Crippen LogP contribution is 2.43. The lowest BCUT2D eigenvalue weighted by Gasteiger charge is -2.17. The first kappa shape index (κ1) is 25.6. The summed E-state index contributed by atoms with van der Waals surface area (Å²) in [6, 6.07) is 8.16. The number of aromatic nitrogens is 4. The third kappa shape index (κ3) is 5.84. The third-order valence-corrected chi connectivity index (χ3v) is 6.62. The Bertz CT molecular complexity index is 1290. The van der Waals surface area contributed by atoms with E-state index in [0.717, 1.165) is 0 Å². The number of nitrogens with one attached hydrogen (secondary N) is 2. The van der Waals surface area contributed by atoms with Crippen LogP contribution in [0.2, 0.25) is 0 Å². The van der Waals surface area contributed by atoms with Crippen LogP contribution in [0, 0.1) is 0 Å². The largest absolute Gasteiger partial charge is 0.481 e. The van der Waals surface area contributed by atoms with Gasteiger partial charge in [-0.05, 0) is 12.1 Å². The van der Waals surface area contributed by atoms with Gasteiger partial charge in [0.25, 0.3) is 0 Å². The second kappa shape index (κ2) is 10.7. The Kier molecular flexibility index (Phi) is 7.59. The van der Waals surface area contributed by atoms with Crippen LogP contribution in [0.3, 0.4) is 0 Å². The molecule has 3 heterocycles. The summed E-state index contributed by atoms with van der Waals surface area (Å²) in [7, 11) is -4.25. The average Bonchev–Trinajstić information content (AvgIpc) is 3.39. The van der Waals surface area contributed by atoms with Crippen molar-refractivity contribution < 1.29 is 43.6 Å². The standard InChI is InChI=1S/C20H23N6O9P/c27-13(28)6-7-36(32,33)34-8-12-15(29)16(30)19(35-12)26-10-23-14-17(21-9-22-18(14)26)25-20(31)24-11-4-2-1-3-5-11/h1-5,9-10,12,15-16,19,29-30H,6-8H2,(H,27,28)(H,32,33)(H2,21,22,24,25,31)/t12-,15?,16+,19-/m1/s1. The molecule has 15 nitrogen and oxygen atoms in total. The summed E-state index contributed by atoms with van der Waals surface area (Å²) in [6.45, 7) is -0.573. The molecule has 0 aliphatic carbocycles. The number of aliphatic hydroxyl groups is 2. The summed E-state index contributed by atoms with van der Waals surface area (Å²) in [5.41, 5.74) is 0.914. The SMILES string of the molecule is O=C(O)CCP(=O)(O)OC[C@H]1O[C@@H](n2cnc3c(NC(=O)Nc4ccccc4)ncnc32)[C@@H](O)C1O. The highest BCUT2D eigenvalue weighted by atomic mass is 31.2. The van der Waals surface area contributed by atoms with E-state index in [1.165, 1.54) is 17.2 Å². The number of carboxylic acid groups (broad SMARTS) is 1. The molecule has 16 heteroatoms. The minimum Gasteiger partial charge on any atom is -0.481 e. The van der Waals surface area contributed by atoms with Crippen molar-refractivity contribution in [2.45, 2.75) is 31.0 Å². The molecular formula is C20H23N6O9P. The zero-order chi connectivity index (χ0) is 25.9.